The van der Waals surface area contributed by atoms with Crippen molar-refractivity contribution in [2.75, 3.05) is 14.2 Å². The van der Waals surface area contributed by atoms with Crippen LogP contribution in [-0.4, -0.2) is 14.2 Å². The molecule has 106 valence electrons. The predicted molar refractivity (Wildman–Crippen MR) is 82.7 cm³/mol. The van der Waals surface area contributed by atoms with Crippen molar-refractivity contribution in [3.63, 3.8) is 0 Å². The van der Waals surface area contributed by atoms with Crippen molar-refractivity contribution in [3.8, 4) is 5.75 Å². The molecule has 4 heteroatoms. The standard InChI is InChI=1S/C16H17BrFNO/c1-10-6-11(8-12(18)7-10)16(19-2)14-5-4-13(20-3)9-15(14)17/h4-9,16,19H,1-3H3. The number of halogens is 2. The van der Waals surface area contributed by atoms with E-state index in [1.807, 2.05) is 38.2 Å². The molecule has 0 radical (unpaired) electrons. The molecule has 0 saturated carbocycles. The lowest BCUT2D eigenvalue weighted by atomic mass is 9.97. The fraction of sp³-hybridized carbons (Fsp3) is 0.250. The molecule has 0 aliphatic heterocycles. The monoisotopic (exact) mass is 337 g/mol. The highest BCUT2D eigenvalue weighted by molar-refractivity contribution is 9.10. The van der Waals surface area contributed by atoms with Gasteiger partial charge in [-0.25, -0.2) is 4.39 Å². The van der Waals surface area contributed by atoms with Crippen molar-refractivity contribution in [1.29, 1.82) is 0 Å². The van der Waals surface area contributed by atoms with Crippen molar-refractivity contribution < 1.29 is 9.13 Å². The van der Waals surface area contributed by atoms with Gasteiger partial charge in [0.2, 0.25) is 0 Å². The average Bonchev–Trinajstić information content (AvgIpc) is 2.40. The molecular formula is C16H17BrFNO. The molecule has 0 saturated heterocycles. The van der Waals surface area contributed by atoms with Gasteiger partial charge in [0.15, 0.2) is 0 Å². The Morgan fingerprint density at radius 2 is 1.95 bits per heavy atom. The fourth-order valence-electron chi connectivity index (χ4n) is 2.30. The summed E-state index contributed by atoms with van der Waals surface area (Å²) in [7, 11) is 3.49. The topological polar surface area (TPSA) is 21.3 Å². The Kier molecular flexibility index (Phi) is 4.78. The van der Waals surface area contributed by atoms with Crippen LogP contribution in [0.15, 0.2) is 40.9 Å². The summed E-state index contributed by atoms with van der Waals surface area (Å²) >= 11 is 3.55. The number of hydrogen-bond acceptors (Lipinski definition) is 2. The third kappa shape index (κ3) is 3.19. The van der Waals surface area contributed by atoms with E-state index in [2.05, 4.69) is 21.2 Å². The summed E-state index contributed by atoms with van der Waals surface area (Å²) in [6.45, 7) is 1.89. The largest absolute Gasteiger partial charge is 0.497 e. The minimum atomic E-state index is -0.218. The summed E-state index contributed by atoms with van der Waals surface area (Å²) in [6.07, 6.45) is 0. The fourth-order valence-corrected chi connectivity index (χ4v) is 2.89. The van der Waals surface area contributed by atoms with Gasteiger partial charge in [-0.1, -0.05) is 28.1 Å². The van der Waals surface area contributed by atoms with E-state index in [4.69, 9.17) is 4.74 Å². The highest BCUT2D eigenvalue weighted by Gasteiger charge is 2.16. The molecule has 0 aliphatic carbocycles. The third-order valence-electron chi connectivity index (χ3n) is 3.21. The van der Waals surface area contributed by atoms with E-state index in [0.29, 0.717) is 0 Å². The number of methoxy groups -OCH3 is 1. The molecule has 20 heavy (non-hydrogen) atoms. The number of benzene rings is 2. The molecule has 2 nitrogen and oxygen atoms in total. The first kappa shape index (κ1) is 15.0. The molecule has 2 aromatic carbocycles. The molecule has 2 rings (SSSR count). The van der Waals surface area contributed by atoms with Crippen molar-refractivity contribution in [2.24, 2.45) is 0 Å². The lowest BCUT2D eigenvalue weighted by Gasteiger charge is -2.20. The van der Waals surface area contributed by atoms with Gasteiger partial charge in [0.25, 0.3) is 0 Å². The maximum absolute atomic E-state index is 13.6. The third-order valence-corrected chi connectivity index (χ3v) is 3.89. The van der Waals surface area contributed by atoms with E-state index >= 15 is 0 Å². The van der Waals surface area contributed by atoms with Gasteiger partial charge in [-0.3, -0.25) is 0 Å². The maximum Gasteiger partial charge on any atom is 0.123 e. The van der Waals surface area contributed by atoms with Crippen molar-refractivity contribution in [1.82, 2.24) is 5.32 Å². The quantitative estimate of drug-likeness (QED) is 0.902. The molecule has 0 amide bonds. The Balaban J connectivity index is 2.46. The van der Waals surface area contributed by atoms with Gasteiger partial charge in [-0.05, 0) is 54.9 Å². The first-order chi connectivity index (χ1) is 9.55. The van der Waals surface area contributed by atoms with Crippen LogP contribution in [0, 0.1) is 12.7 Å². The molecule has 0 spiro atoms. The number of aryl methyl sites for hydroxylation is 1. The first-order valence-corrected chi connectivity index (χ1v) is 7.12. The van der Waals surface area contributed by atoms with Crippen molar-refractivity contribution >= 4 is 15.9 Å². The second-order valence-electron chi connectivity index (χ2n) is 4.67. The van der Waals surface area contributed by atoms with Crippen LogP contribution in [0.3, 0.4) is 0 Å². The van der Waals surface area contributed by atoms with E-state index < -0.39 is 0 Å². The molecule has 0 aliphatic rings. The van der Waals surface area contributed by atoms with Crippen LogP contribution in [0.1, 0.15) is 22.7 Å². The first-order valence-electron chi connectivity index (χ1n) is 6.33. The van der Waals surface area contributed by atoms with Gasteiger partial charge in [0.05, 0.1) is 13.2 Å². The van der Waals surface area contributed by atoms with Gasteiger partial charge in [0, 0.05) is 4.47 Å². The molecular weight excluding hydrogens is 321 g/mol. The van der Waals surface area contributed by atoms with Crippen LogP contribution in [0.5, 0.6) is 5.75 Å². The molecule has 1 atom stereocenters. The average molecular weight is 338 g/mol. The Morgan fingerprint density at radius 1 is 1.20 bits per heavy atom. The molecule has 2 aromatic rings. The number of nitrogens with one attached hydrogen (secondary N) is 1. The highest BCUT2D eigenvalue weighted by atomic mass is 79.9. The summed E-state index contributed by atoms with van der Waals surface area (Å²) in [5, 5.41) is 3.23. The van der Waals surface area contributed by atoms with Crippen LogP contribution in [0.25, 0.3) is 0 Å². The van der Waals surface area contributed by atoms with Gasteiger partial charge in [0.1, 0.15) is 11.6 Å². The zero-order valence-electron chi connectivity index (χ0n) is 11.7. The van der Waals surface area contributed by atoms with Gasteiger partial charge in [-0.2, -0.15) is 0 Å². The molecule has 0 bridgehead atoms. The summed E-state index contributed by atoms with van der Waals surface area (Å²) in [4.78, 5) is 0. The lowest BCUT2D eigenvalue weighted by Crippen LogP contribution is -2.18. The van der Waals surface area contributed by atoms with E-state index in [0.717, 1.165) is 26.9 Å². The van der Waals surface area contributed by atoms with Gasteiger partial charge < -0.3 is 10.1 Å². The smallest absolute Gasteiger partial charge is 0.123 e. The number of rotatable bonds is 4. The van der Waals surface area contributed by atoms with E-state index in [-0.39, 0.29) is 11.9 Å². The van der Waals surface area contributed by atoms with Crippen molar-refractivity contribution in [2.45, 2.75) is 13.0 Å². The zero-order chi connectivity index (χ0) is 14.7. The van der Waals surface area contributed by atoms with Crippen LogP contribution in [0.4, 0.5) is 4.39 Å². The molecule has 1 unspecified atom stereocenters. The summed E-state index contributed by atoms with van der Waals surface area (Å²) in [5.74, 6) is 0.566. The predicted octanol–water partition coefficient (Wildman–Crippen LogP) is 4.21. The lowest BCUT2D eigenvalue weighted by molar-refractivity contribution is 0.414. The second kappa shape index (κ2) is 6.37. The van der Waals surface area contributed by atoms with Gasteiger partial charge >= 0.3 is 0 Å². The van der Waals surface area contributed by atoms with Crippen molar-refractivity contribution in [3.05, 3.63) is 63.4 Å². The minimum Gasteiger partial charge on any atom is -0.497 e. The normalized spacial score (nSPS) is 12.2. The van der Waals surface area contributed by atoms with Crippen LogP contribution < -0.4 is 10.1 Å². The molecule has 1 N–H and O–H groups in total. The Morgan fingerprint density at radius 3 is 2.50 bits per heavy atom. The Hall–Kier alpha value is -1.39. The molecule has 0 heterocycles. The van der Waals surface area contributed by atoms with Crippen LogP contribution >= 0.6 is 15.9 Å². The molecule has 0 aromatic heterocycles. The number of ether oxygens (including phenoxy) is 1. The van der Waals surface area contributed by atoms with E-state index in [9.17, 15) is 4.39 Å². The van der Waals surface area contributed by atoms with E-state index in [1.165, 1.54) is 6.07 Å². The SMILES string of the molecule is CNC(c1cc(C)cc(F)c1)c1ccc(OC)cc1Br. The second-order valence-corrected chi connectivity index (χ2v) is 5.53. The number of hydrogen-bond donors (Lipinski definition) is 1. The minimum absolute atomic E-state index is 0.0790. The van der Waals surface area contributed by atoms with Gasteiger partial charge in [-0.15, -0.1) is 0 Å². The maximum atomic E-state index is 13.6. The van der Waals surface area contributed by atoms with Crippen LogP contribution in [0.2, 0.25) is 0 Å². The zero-order valence-corrected chi connectivity index (χ0v) is 13.3. The molecule has 0 fully saturated rings. The summed E-state index contributed by atoms with van der Waals surface area (Å²) in [5.41, 5.74) is 2.85. The summed E-state index contributed by atoms with van der Waals surface area (Å²) < 4.78 is 19.7. The van der Waals surface area contributed by atoms with Crippen LogP contribution in [-0.2, 0) is 0 Å². The Bertz CT molecular complexity index is 595. The summed E-state index contributed by atoms with van der Waals surface area (Å²) in [6, 6.07) is 10.8. The Labute approximate surface area is 127 Å². The highest BCUT2D eigenvalue weighted by Crippen LogP contribution is 2.31. The van der Waals surface area contributed by atoms with E-state index in [1.54, 1.807) is 13.2 Å².